The molecule has 2 atom stereocenters. The van der Waals surface area contributed by atoms with Gasteiger partial charge in [-0.05, 0) is 49.8 Å². The van der Waals surface area contributed by atoms with Gasteiger partial charge in [0.25, 0.3) is 0 Å². The van der Waals surface area contributed by atoms with Crippen LogP contribution in [0.5, 0.6) is 0 Å². The molecule has 4 heteroatoms. The van der Waals surface area contributed by atoms with E-state index in [2.05, 4.69) is 5.32 Å². The van der Waals surface area contributed by atoms with E-state index in [0.29, 0.717) is 12.0 Å². The molecule has 1 aromatic carbocycles. The fourth-order valence-electron chi connectivity index (χ4n) is 2.72. The molecule has 108 valence electrons. The summed E-state index contributed by atoms with van der Waals surface area (Å²) in [5, 5.41) is 11.9. The molecule has 0 aliphatic heterocycles. The van der Waals surface area contributed by atoms with Crippen LogP contribution in [-0.2, 0) is 17.6 Å². The van der Waals surface area contributed by atoms with Crippen LogP contribution in [0.1, 0.15) is 48.2 Å². The van der Waals surface area contributed by atoms with Crippen LogP contribution < -0.4 is 5.32 Å². The van der Waals surface area contributed by atoms with Crippen molar-refractivity contribution in [3.05, 3.63) is 34.9 Å². The number of carboxylic acid groups (broad SMARTS) is 1. The Morgan fingerprint density at radius 1 is 1.30 bits per heavy atom. The smallest absolute Gasteiger partial charge is 0.320 e. The van der Waals surface area contributed by atoms with Crippen LogP contribution in [0.2, 0.25) is 0 Å². The Morgan fingerprint density at radius 3 is 2.65 bits per heavy atom. The Labute approximate surface area is 119 Å². The minimum Gasteiger partial charge on any atom is -0.480 e. The lowest BCUT2D eigenvalue weighted by Gasteiger charge is -2.18. The highest BCUT2D eigenvalue weighted by Crippen LogP contribution is 2.23. The van der Waals surface area contributed by atoms with Crippen LogP contribution in [-0.4, -0.2) is 28.9 Å². The van der Waals surface area contributed by atoms with Gasteiger partial charge in [-0.15, -0.1) is 0 Å². The molecule has 1 aliphatic rings. The minimum absolute atomic E-state index is 0.0422. The van der Waals surface area contributed by atoms with E-state index < -0.39 is 18.1 Å². The van der Waals surface area contributed by atoms with Gasteiger partial charge in [-0.25, -0.2) is 0 Å². The molecule has 0 aromatic heterocycles. The van der Waals surface area contributed by atoms with Crippen molar-refractivity contribution in [3.8, 4) is 0 Å². The second-order valence-electron chi connectivity index (χ2n) is 5.39. The number of fused-ring (bicyclic) bond motifs is 1. The first-order valence-electron chi connectivity index (χ1n) is 7.17. The Balaban J connectivity index is 2.08. The zero-order valence-corrected chi connectivity index (χ0v) is 12.0. The number of carbonyl (C=O) groups is 2. The van der Waals surface area contributed by atoms with E-state index >= 15 is 0 Å². The van der Waals surface area contributed by atoms with Gasteiger partial charge in [0.05, 0.1) is 6.04 Å². The molecule has 0 saturated heterocycles. The molecule has 1 aromatic rings. The van der Waals surface area contributed by atoms with Gasteiger partial charge >= 0.3 is 5.97 Å². The largest absolute Gasteiger partial charge is 0.480 e. The van der Waals surface area contributed by atoms with Gasteiger partial charge < -0.3 is 5.11 Å². The van der Waals surface area contributed by atoms with Crippen molar-refractivity contribution in [3.63, 3.8) is 0 Å². The van der Waals surface area contributed by atoms with Crippen molar-refractivity contribution in [1.29, 1.82) is 0 Å². The van der Waals surface area contributed by atoms with Crippen molar-refractivity contribution >= 4 is 11.8 Å². The highest BCUT2D eigenvalue weighted by Gasteiger charge is 2.23. The maximum Gasteiger partial charge on any atom is 0.320 e. The molecule has 2 unspecified atom stereocenters. The first-order valence-corrected chi connectivity index (χ1v) is 7.17. The average molecular weight is 275 g/mol. The fraction of sp³-hybridized carbons (Fsp3) is 0.500. The average Bonchev–Trinajstić information content (AvgIpc) is 2.90. The second kappa shape index (κ2) is 6.18. The molecule has 0 radical (unpaired) electrons. The molecule has 4 nitrogen and oxygen atoms in total. The van der Waals surface area contributed by atoms with E-state index in [1.54, 1.807) is 13.8 Å². The molecule has 2 N–H and O–H groups in total. The molecule has 0 spiro atoms. The monoisotopic (exact) mass is 275 g/mol. The highest BCUT2D eigenvalue weighted by atomic mass is 16.4. The van der Waals surface area contributed by atoms with Crippen molar-refractivity contribution in [2.45, 2.75) is 51.6 Å². The number of aryl methyl sites for hydroxylation is 2. The molecule has 1 aliphatic carbocycles. The Morgan fingerprint density at radius 2 is 2.00 bits per heavy atom. The number of nitrogens with one attached hydrogen (secondary N) is 1. The number of aliphatic carboxylic acids is 1. The predicted octanol–water partition coefficient (Wildman–Crippen LogP) is 2.20. The quantitative estimate of drug-likeness (QED) is 0.781. The zero-order chi connectivity index (χ0) is 14.7. The number of carbonyl (C=O) groups excluding carboxylic acids is 1. The van der Waals surface area contributed by atoms with E-state index in [9.17, 15) is 9.59 Å². The van der Waals surface area contributed by atoms with Crippen molar-refractivity contribution in [2.75, 3.05) is 0 Å². The maximum absolute atomic E-state index is 12.4. The standard InChI is InChI=1S/C16H21NO3/c1-3-14(16(19)20)17-10(2)15(18)13-8-7-11-5-4-6-12(11)9-13/h7-10,14,17H,3-6H2,1-2H3,(H,19,20). The van der Waals surface area contributed by atoms with E-state index in [1.807, 2.05) is 18.2 Å². The first-order chi connectivity index (χ1) is 9.52. The summed E-state index contributed by atoms with van der Waals surface area (Å²) in [5.41, 5.74) is 3.26. The third kappa shape index (κ3) is 3.07. The summed E-state index contributed by atoms with van der Waals surface area (Å²) >= 11 is 0. The zero-order valence-electron chi connectivity index (χ0n) is 12.0. The summed E-state index contributed by atoms with van der Waals surface area (Å²) in [6, 6.07) is 4.67. The van der Waals surface area contributed by atoms with Crippen molar-refractivity contribution < 1.29 is 14.7 Å². The Kier molecular flexibility index (Phi) is 4.55. The predicted molar refractivity (Wildman–Crippen MR) is 77.1 cm³/mol. The molecule has 0 saturated carbocycles. The SMILES string of the molecule is CCC(NC(C)C(=O)c1ccc2c(c1)CCC2)C(=O)O. The molecule has 0 heterocycles. The molecule has 0 amide bonds. The minimum atomic E-state index is -0.916. The lowest BCUT2D eigenvalue weighted by Crippen LogP contribution is -2.45. The normalized spacial score (nSPS) is 16.5. The first kappa shape index (κ1) is 14.7. The van der Waals surface area contributed by atoms with Crippen LogP contribution in [0.3, 0.4) is 0 Å². The van der Waals surface area contributed by atoms with E-state index in [0.717, 1.165) is 19.3 Å². The van der Waals surface area contributed by atoms with Gasteiger partial charge in [-0.3, -0.25) is 14.9 Å². The molecule has 0 fully saturated rings. The molecule has 20 heavy (non-hydrogen) atoms. The van der Waals surface area contributed by atoms with Gasteiger partial charge in [0.2, 0.25) is 0 Å². The molecular weight excluding hydrogens is 254 g/mol. The third-order valence-electron chi connectivity index (χ3n) is 3.93. The van der Waals surface area contributed by atoms with E-state index in [4.69, 9.17) is 5.11 Å². The van der Waals surface area contributed by atoms with Gasteiger partial charge in [0.1, 0.15) is 6.04 Å². The van der Waals surface area contributed by atoms with Crippen LogP contribution in [0.25, 0.3) is 0 Å². The lowest BCUT2D eigenvalue weighted by molar-refractivity contribution is -0.139. The van der Waals surface area contributed by atoms with Gasteiger partial charge in [-0.2, -0.15) is 0 Å². The van der Waals surface area contributed by atoms with Gasteiger partial charge in [0.15, 0.2) is 5.78 Å². The topological polar surface area (TPSA) is 66.4 Å². The highest BCUT2D eigenvalue weighted by molar-refractivity contribution is 6.00. The summed E-state index contributed by atoms with van der Waals surface area (Å²) in [4.78, 5) is 23.4. The lowest BCUT2D eigenvalue weighted by atomic mass is 10.00. The fourth-order valence-corrected chi connectivity index (χ4v) is 2.72. The summed E-state index contributed by atoms with van der Waals surface area (Å²) in [6.07, 6.45) is 3.73. The van der Waals surface area contributed by atoms with Crippen LogP contribution in [0.4, 0.5) is 0 Å². The number of Topliss-reactive ketones (excluding diaryl/α,β-unsaturated/α-hetero) is 1. The Bertz CT molecular complexity index is 524. The number of hydrogen-bond acceptors (Lipinski definition) is 3. The number of rotatable bonds is 6. The summed E-state index contributed by atoms with van der Waals surface area (Å²) in [6.45, 7) is 3.51. The van der Waals surface area contributed by atoms with E-state index in [1.165, 1.54) is 11.1 Å². The summed E-state index contributed by atoms with van der Waals surface area (Å²) in [5.74, 6) is -0.958. The van der Waals surface area contributed by atoms with Crippen LogP contribution in [0, 0.1) is 0 Å². The van der Waals surface area contributed by atoms with Gasteiger partial charge in [0, 0.05) is 5.56 Å². The van der Waals surface area contributed by atoms with Crippen LogP contribution in [0.15, 0.2) is 18.2 Å². The Hall–Kier alpha value is -1.68. The molecule has 2 rings (SSSR count). The number of ketones is 1. The van der Waals surface area contributed by atoms with Gasteiger partial charge in [-0.1, -0.05) is 19.1 Å². The third-order valence-corrected chi connectivity index (χ3v) is 3.93. The molecule has 0 bridgehead atoms. The molecular formula is C16H21NO3. The number of carboxylic acids is 1. The maximum atomic E-state index is 12.4. The summed E-state index contributed by atoms with van der Waals surface area (Å²) in [7, 11) is 0. The van der Waals surface area contributed by atoms with Crippen molar-refractivity contribution in [1.82, 2.24) is 5.32 Å². The van der Waals surface area contributed by atoms with Crippen LogP contribution >= 0.6 is 0 Å². The second-order valence-corrected chi connectivity index (χ2v) is 5.39. The number of benzene rings is 1. The number of hydrogen-bond donors (Lipinski definition) is 2. The van der Waals surface area contributed by atoms with E-state index in [-0.39, 0.29) is 5.78 Å². The van der Waals surface area contributed by atoms with Crippen molar-refractivity contribution in [2.24, 2.45) is 0 Å². The summed E-state index contributed by atoms with van der Waals surface area (Å²) < 4.78 is 0.